The van der Waals surface area contributed by atoms with Gasteiger partial charge in [0.25, 0.3) is 0 Å². The van der Waals surface area contributed by atoms with Gasteiger partial charge in [-0.15, -0.1) is 0 Å². The lowest BCUT2D eigenvalue weighted by atomic mass is 9.89. The van der Waals surface area contributed by atoms with E-state index in [4.69, 9.17) is 0 Å². The van der Waals surface area contributed by atoms with E-state index in [1.165, 1.54) is 6.07 Å². The fourth-order valence-electron chi connectivity index (χ4n) is 2.51. The number of amides is 1. The predicted octanol–water partition coefficient (Wildman–Crippen LogP) is 7.52. The molecule has 0 unspecified atom stereocenters. The molecule has 0 aliphatic carbocycles. The van der Waals surface area contributed by atoms with E-state index in [-0.39, 0.29) is 11.1 Å². The molecule has 1 aromatic rings. The first kappa shape index (κ1) is 31.9. The zero-order valence-electron chi connectivity index (χ0n) is 17.1. The Morgan fingerprint density at radius 3 is 1.25 bits per heavy atom. The van der Waals surface area contributed by atoms with Crippen molar-refractivity contribution in [2.75, 3.05) is 5.32 Å². The summed E-state index contributed by atoms with van der Waals surface area (Å²) >= 11 is 3.44. The fourth-order valence-corrected chi connectivity index (χ4v) is 2.63. The van der Waals surface area contributed by atoms with Gasteiger partial charge in [-0.3, -0.25) is 4.79 Å². The van der Waals surface area contributed by atoms with Crippen molar-refractivity contribution in [1.82, 2.24) is 0 Å². The lowest BCUT2D eigenvalue weighted by Gasteiger charge is -2.42. The molecule has 0 bridgehead atoms. The molecule has 0 spiro atoms. The average Bonchev–Trinajstić information content (AvgIpc) is 2.68. The first-order chi connectivity index (χ1) is 15.6. The zero-order chi connectivity index (χ0) is 29.1. The van der Waals surface area contributed by atoms with Gasteiger partial charge < -0.3 is 5.32 Å². The zero-order valence-corrected chi connectivity index (χ0v) is 17.8. The van der Waals surface area contributed by atoms with Crippen LogP contribution in [0, 0.1) is 13.8 Å². The molecule has 0 fully saturated rings. The largest absolute Gasteiger partial charge is 0.393 e. The molecule has 0 saturated carbocycles. The number of aryl methyl sites for hydroxylation is 2. The molecule has 208 valence electrons. The first-order valence-corrected chi connectivity index (χ1v) is 9.04. The van der Waals surface area contributed by atoms with Crippen LogP contribution in [0.3, 0.4) is 0 Å². The summed E-state index contributed by atoms with van der Waals surface area (Å²) in [5, 5.41) is -5.92. The summed E-state index contributed by atoms with van der Waals surface area (Å²) in [6.45, 7) is 2.08. The van der Waals surface area contributed by atoms with Crippen LogP contribution in [0.5, 0.6) is 0 Å². The highest BCUT2D eigenvalue weighted by Gasteiger charge is 2.95. The molecule has 0 saturated heterocycles. The number of anilines is 1. The number of para-hydroxylation sites is 1. The number of rotatable bonds is 9. The van der Waals surface area contributed by atoms with Gasteiger partial charge in [0.05, 0.1) is 0 Å². The van der Waals surface area contributed by atoms with Gasteiger partial charge >= 0.3 is 52.7 Å². The second-order valence-corrected chi connectivity index (χ2v) is 7.71. The highest BCUT2D eigenvalue weighted by Crippen LogP contribution is 2.64. The van der Waals surface area contributed by atoms with Gasteiger partial charge in [0.2, 0.25) is 0 Å². The molecule has 1 aromatic carbocycles. The molecular weight excluding hydrogens is 574 g/mol. The second kappa shape index (κ2) is 8.72. The smallest absolute Gasteiger partial charge is 0.320 e. The van der Waals surface area contributed by atoms with E-state index in [9.17, 15) is 75.0 Å². The Morgan fingerprint density at radius 2 is 0.917 bits per heavy atom. The summed E-state index contributed by atoms with van der Waals surface area (Å²) in [6.07, 6.45) is 0. The number of carbonyl (C=O) groups excluding carboxylic acids is 1. The number of carbonyl (C=O) groups is 1. The van der Waals surface area contributed by atoms with Gasteiger partial charge in [0.15, 0.2) is 0 Å². The van der Waals surface area contributed by atoms with Gasteiger partial charge in [-0.05, 0) is 36.6 Å². The Kier molecular flexibility index (Phi) is 7.72. The van der Waals surface area contributed by atoms with Gasteiger partial charge in [0, 0.05) is 5.69 Å². The maximum atomic E-state index is 14.0. The number of hydrogen-bond acceptors (Lipinski definition) is 1. The molecule has 0 aliphatic heterocycles. The SMILES string of the molecule is Cc1cccc(C)c1NC(=O)C(F)(F)C(F)(F)C(F)(F)C(F)(F)C(F)(F)C(F)(F)C(F)(F)C(F)(F)Cl. The van der Waals surface area contributed by atoms with Crippen LogP contribution in [-0.4, -0.2) is 52.7 Å². The molecule has 1 rings (SSSR count). The highest BCUT2D eigenvalue weighted by atomic mass is 35.5. The van der Waals surface area contributed by atoms with Crippen LogP contribution in [-0.2, 0) is 4.79 Å². The molecule has 0 radical (unpaired) electrons. The molecule has 0 aromatic heterocycles. The lowest BCUT2D eigenvalue weighted by molar-refractivity contribution is -0.445. The fraction of sp³-hybridized carbons (Fsp3) is 0.588. The van der Waals surface area contributed by atoms with Crippen molar-refractivity contribution in [3.8, 4) is 0 Å². The summed E-state index contributed by atoms with van der Waals surface area (Å²) in [5.74, 6) is -60.5. The van der Waals surface area contributed by atoms with Crippen molar-refractivity contribution in [3.05, 3.63) is 29.3 Å². The van der Waals surface area contributed by atoms with E-state index in [1.54, 1.807) is 0 Å². The Labute approximate surface area is 194 Å². The van der Waals surface area contributed by atoms with Crippen molar-refractivity contribution < 1.29 is 75.0 Å². The normalized spacial score (nSPS) is 15.2. The van der Waals surface area contributed by atoms with Crippen LogP contribution in [0.25, 0.3) is 0 Å². The second-order valence-electron chi connectivity index (χ2n) is 7.24. The number of nitrogens with one attached hydrogen (secondary N) is 1. The Hall–Kier alpha value is -2.14. The molecular formula is C17H10ClF16NO. The maximum absolute atomic E-state index is 14.0. The minimum Gasteiger partial charge on any atom is -0.320 e. The third-order valence-electron chi connectivity index (χ3n) is 4.73. The van der Waals surface area contributed by atoms with Crippen LogP contribution in [0.2, 0.25) is 0 Å². The van der Waals surface area contributed by atoms with Crippen molar-refractivity contribution in [1.29, 1.82) is 0 Å². The van der Waals surface area contributed by atoms with Gasteiger partial charge in [0.1, 0.15) is 0 Å². The molecule has 1 amide bonds. The van der Waals surface area contributed by atoms with E-state index in [0.717, 1.165) is 31.3 Å². The highest BCUT2D eigenvalue weighted by molar-refractivity contribution is 6.22. The van der Waals surface area contributed by atoms with E-state index < -0.39 is 58.4 Å². The topological polar surface area (TPSA) is 29.1 Å². The average molecular weight is 584 g/mol. The predicted molar refractivity (Wildman–Crippen MR) is 90.0 cm³/mol. The summed E-state index contributed by atoms with van der Waals surface area (Å²) in [4.78, 5) is 11.6. The van der Waals surface area contributed by atoms with Gasteiger partial charge in [-0.25, -0.2) is 0 Å². The molecule has 0 aliphatic rings. The molecule has 0 heterocycles. The van der Waals surface area contributed by atoms with E-state index in [1.807, 2.05) is 0 Å². The monoisotopic (exact) mass is 583 g/mol. The maximum Gasteiger partial charge on any atom is 0.393 e. The number of hydrogen-bond donors (Lipinski definition) is 1. The Bertz CT molecular complexity index is 981. The van der Waals surface area contributed by atoms with Crippen LogP contribution >= 0.6 is 11.6 Å². The molecule has 19 heteroatoms. The summed E-state index contributed by atoms with van der Waals surface area (Å²) in [5.41, 5.74) is -1.17. The quantitative estimate of drug-likeness (QED) is 0.237. The van der Waals surface area contributed by atoms with E-state index in [2.05, 4.69) is 11.6 Å². The van der Waals surface area contributed by atoms with Crippen LogP contribution < -0.4 is 5.32 Å². The van der Waals surface area contributed by atoms with Crippen molar-refractivity contribution in [2.45, 2.75) is 60.7 Å². The van der Waals surface area contributed by atoms with Crippen LogP contribution in [0.4, 0.5) is 75.9 Å². The number of alkyl halides is 17. The first-order valence-electron chi connectivity index (χ1n) is 8.66. The number of halogens is 17. The minimum atomic E-state index is -8.62. The van der Waals surface area contributed by atoms with E-state index in [0.29, 0.717) is 0 Å². The molecule has 1 N–H and O–H groups in total. The molecule has 0 atom stereocenters. The van der Waals surface area contributed by atoms with Crippen molar-refractivity contribution >= 4 is 23.2 Å². The van der Waals surface area contributed by atoms with Gasteiger partial charge in [-0.1, -0.05) is 18.2 Å². The van der Waals surface area contributed by atoms with Gasteiger partial charge in [-0.2, -0.15) is 70.2 Å². The van der Waals surface area contributed by atoms with E-state index >= 15 is 0 Å². The lowest BCUT2D eigenvalue weighted by Crippen LogP contribution is -2.75. The minimum absolute atomic E-state index is 0.199. The Morgan fingerprint density at radius 1 is 0.611 bits per heavy atom. The standard InChI is InChI=1S/C17H10ClF16NO/c1-6-4-3-5-7(2)8(6)35-9(36)10(19,20)11(21,22)12(23,24)13(25,26)14(27,28)15(29,30)16(31,32)17(18,33)34/h3-5H,1-2H3,(H,35,36). The molecule has 36 heavy (non-hydrogen) atoms. The summed E-state index contributed by atoms with van der Waals surface area (Å²) in [6, 6.07) is 3.29. The summed E-state index contributed by atoms with van der Waals surface area (Å²) in [7, 11) is 0. The van der Waals surface area contributed by atoms with Crippen LogP contribution in [0.1, 0.15) is 11.1 Å². The molecule has 2 nitrogen and oxygen atoms in total. The number of benzene rings is 1. The third-order valence-corrected chi connectivity index (χ3v) is 4.96. The van der Waals surface area contributed by atoms with Crippen LogP contribution in [0.15, 0.2) is 18.2 Å². The Balaban J connectivity index is 3.63. The van der Waals surface area contributed by atoms with Crippen molar-refractivity contribution in [3.63, 3.8) is 0 Å². The third kappa shape index (κ3) is 4.21. The van der Waals surface area contributed by atoms with Crippen molar-refractivity contribution in [2.24, 2.45) is 0 Å². The summed E-state index contributed by atoms with van der Waals surface area (Å²) < 4.78 is 215.